The predicted molar refractivity (Wildman–Crippen MR) is 81.8 cm³/mol. The zero-order valence-electron chi connectivity index (χ0n) is 13.2. The molecule has 1 heterocycles. The fraction of sp³-hybridized carbons (Fsp3) is 0.471. The number of fused-ring (bicyclic) bond motifs is 1. The van der Waals surface area contributed by atoms with Gasteiger partial charge >= 0.3 is 5.63 Å². The summed E-state index contributed by atoms with van der Waals surface area (Å²) in [5.41, 5.74) is 2.58. The molecule has 21 heavy (non-hydrogen) atoms. The first-order valence-electron chi connectivity index (χ1n) is 7.49. The lowest BCUT2D eigenvalue weighted by Crippen LogP contribution is -3.04. The molecule has 4 heteroatoms. The summed E-state index contributed by atoms with van der Waals surface area (Å²) in [5.74, 6) is 0.0149. The molecule has 0 spiro atoms. The molecule has 0 fully saturated rings. The summed E-state index contributed by atoms with van der Waals surface area (Å²) in [5, 5.41) is 13.4. The van der Waals surface area contributed by atoms with Crippen LogP contribution in [0.3, 0.4) is 0 Å². The van der Waals surface area contributed by atoms with Crippen molar-refractivity contribution in [1.82, 2.24) is 0 Å². The van der Waals surface area contributed by atoms with E-state index >= 15 is 0 Å². The van der Waals surface area contributed by atoms with Crippen LogP contribution in [0.4, 0.5) is 0 Å². The summed E-state index contributed by atoms with van der Waals surface area (Å²) in [7, 11) is 4.04. The Morgan fingerprint density at radius 3 is 2.62 bits per heavy atom. The quantitative estimate of drug-likeness (QED) is 0.840. The molecule has 0 unspecified atom stereocenters. The highest BCUT2D eigenvalue weighted by molar-refractivity contribution is 5.88. The number of unbranched alkanes of at least 4 members (excludes halogenated alkanes) is 1. The third-order valence-corrected chi connectivity index (χ3v) is 3.72. The van der Waals surface area contributed by atoms with Crippen LogP contribution in [0.25, 0.3) is 11.0 Å². The number of benzene rings is 1. The Kier molecular flexibility index (Phi) is 4.68. The number of quaternary nitrogens is 1. The summed E-state index contributed by atoms with van der Waals surface area (Å²) in [6.07, 6.45) is 2.72. The minimum atomic E-state index is -0.376. The smallest absolute Gasteiger partial charge is 0.336 e. The molecule has 4 nitrogen and oxygen atoms in total. The van der Waals surface area contributed by atoms with Crippen molar-refractivity contribution < 1.29 is 14.4 Å². The molecule has 1 aromatic carbocycles. The maximum absolute atomic E-state index is 12.8. The Bertz CT molecular complexity index is 701. The molecule has 0 saturated carbocycles. The zero-order chi connectivity index (χ0) is 15.6. The first-order chi connectivity index (χ1) is 9.93. The number of aryl methyl sites for hydroxylation is 2. The molecule has 0 bridgehead atoms. The molecule has 0 saturated heterocycles. The first kappa shape index (κ1) is 15.6. The number of nitrogens with one attached hydrogen (secondary N) is 1. The van der Waals surface area contributed by atoms with Crippen LogP contribution in [0.1, 0.15) is 36.5 Å². The van der Waals surface area contributed by atoms with E-state index in [2.05, 4.69) is 6.92 Å². The van der Waals surface area contributed by atoms with Crippen molar-refractivity contribution >= 4 is 11.0 Å². The number of hydrogen-bond donors (Lipinski definition) is 1. The van der Waals surface area contributed by atoms with Crippen LogP contribution < -0.4 is 15.6 Å². The second-order valence-corrected chi connectivity index (χ2v) is 5.95. The largest absolute Gasteiger partial charge is 0.872 e. The lowest BCUT2D eigenvalue weighted by molar-refractivity contribution is -0.872. The van der Waals surface area contributed by atoms with Crippen LogP contribution >= 0.6 is 0 Å². The normalized spacial score (nSPS) is 11.5. The molecular weight excluding hydrogens is 266 g/mol. The van der Waals surface area contributed by atoms with Gasteiger partial charge in [0.25, 0.3) is 0 Å². The SMILES string of the molecule is CCCCc1cc(=O)oc2cc(C)c(C[NH+](C)C)c([O-])c12. The van der Waals surface area contributed by atoms with Crippen LogP contribution in [0.15, 0.2) is 21.3 Å². The van der Waals surface area contributed by atoms with Crippen LogP contribution in [-0.2, 0) is 13.0 Å². The highest BCUT2D eigenvalue weighted by Gasteiger charge is 2.13. The van der Waals surface area contributed by atoms with Crippen LogP contribution in [0, 0.1) is 6.92 Å². The number of hydrogen-bond acceptors (Lipinski definition) is 3. The van der Waals surface area contributed by atoms with Gasteiger partial charge < -0.3 is 14.4 Å². The van der Waals surface area contributed by atoms with Gasteiger partial charge in [0.2, 0.25) is 0 Å². The van der Waals surface area contributed by atoms with Gasteiger partial charge in [-0.25, -0.2) is 4.79 Å². The molecule has 2 rings (SSSR count). The average Bonchev–Trinajstić information content (AvgIpc) is 2.39. The van der Waals surface area contributed by atoms with Crippen LogP contribution in [0.2, 0.25) is 0 Å². The summed E-state index contributed by atoms with van der Waals surface area (Å²) in [6, 6.07) is 3.30. The van der Waals surface area contributed by atoms with Gasteiger partial charge in [0.05, 0.1) is 14.1 Å². The Balaban J connectivity index is 2.70. The number of rotatable bonds is 5. The first-order valence-corrected chi connectivity index (χ1v) is 7.49. The lowest BCUT2D eigenvalue weighted by atomic mass is 9.98. The van der Waals surface area contributed by atoms with Gasteiger partial charge in [0.15, 0.2) is 0 Å². The summed E-state index contributed by atoms with van der Waals surface area (Å²) < 4.78 is 5.24. The van der Waals surface area contributed by atoms with Gasteiger partial charge in [0, 0.05) is 17.0 Å². The Morgan fingerprint density at radius 2 is 2.00 bits per heavy atom. The standard InChI is InChI=1S/C17H23NO3/c1-5-6-7-12-9-15(19)21-14-8-11(2)13(10-18(3)4)17(20)16(12)14/h8-9,20H,5-7,10H2,1-4H3. The summed E-state index contributed by atoms with van der Waals surface area (Å²) in [6.45, 7) is 4.67. The molecule has 1 aromatic heterocycles. The van der Waals surface area contributed by atoms with Crippen molar-refractivity contribution in [3.63, 3.8) is 0 Å². The van der Waals surface area contributed by atoms with Crippen molar-refractivity contribution in [3.05, 3.63) is 39.2 Å². The van der Waals surface area contributed by atoms with E-state index in [1.165, 1.54) is 11.0 Å². The van der Waals surface area contributed by atoms with E-state index in [9.17, 15) is 9.90 Å². The molecule has 0 radical (unpaired) electrons. The van der Waals surface area contributed by atoms with Crippen molar-refractivity contribution in [2.75, 3.05) is 14.1 Å². The molecule has 1 N–H and O–H groups in total. The van der Waals surface area contributed by atoms with Gasteiger partial charge in [-0.1, -0.05) is 19.1 Å². The Labute approximate surface area is 125 Å². The monoisotopic (exact) mass is 289 g/mol. The second kappa shape index (κ2) is 6.31. The molecule has 0 aliphatic carbocycles. The van der Waals surface area contributed by atoms with Gasteiger partial charge in [-0.15, -0.1) is 0 Å². The van der Waals surface area contributed by atoms with E-state index in [1.54, 1.807) is 0 Å². The fourth-order valence-electron chi connectivity index (χ4n) is 2.67. The van der Waals surface area contributed by atoms with E-state index in [4.69, 9.17) is 4.42 Å². The minimum absolute atomic E-state index is 0.0149. The lowest BCUT2D eigenvalue weighted by Gasteiger charge is -2.21. The molecule has 0 aliphatic heterocycles. The van der Waals surface area contributed by atoms with Crippen molar-refractivity contribution in [2.45, 2.75) is 39.7 Å². The van der Waals surface area contributed by atoms with E-state index in [1.807, 2.05) is 27.1 Å². The molecule has 2 aromatic rings. The predicted octanol–water partition coefficient (Wildman–Crippen LogP) is 1.16. The maximum atomic E-state index is 12.8. The minimum Gasteiger partial charge on any atom is -0.872 e. The highest BCUT2D eigenvalue weighted by atomic mass is 16.4. The van der Waals surface area contributed by atoms with Gasteiger partial charge in [-0.3, -0.25) is 0 Å². The summed E-state index contributed by atoms with van der Waals surface area (Å²) >= 11 is 0. The van der Waals surface area contributed by atoms with Crippen LogP contribution in [-0.4, -0.2) is 14.1 Å². The molecule has 0 aliphatic rings. The van der Waals surface area contributed by atoms with E-state index in [0.717, 1.165) is 36.0 Å². The van der Waals surface area contributed by atoms with Gasteiger partial charge in [-0.2, -0.15) is 0 Å². The Morgan fingerprint density at radius 1 is 1.29 bits per heavy atom. The van der Waals surface area contributed by atoms with E-state index < -0.39 is 0 Å². The Hall–Kier alpha value is -1.81. The van der Waals surface area contributed by atoms with Crippen LogP contribution in [0.5, 0.6) is 5.75 Å². The molecule has 0 atom stereocenters. The van der Waals surface area contributed by atoms with Gasteiger partial charge in [-0.05, 0) is 37.0 Å². The third-order valence-electron chi connectivity index (χ3n) is 3.72. The highest BCUT2D eigenvalue weighted by Crippen LogP contribution is 2.31. The van der Waals surface area contributed by atoms with E-state index in [0.29, 0.717) is 17.5 Å². The average molecular weight is 289 g/mol. The van der Waals surface area contributed by atoms with Crippen molar-refractivity contribution in [3.8, 4) is 5.75 Å². The van der Waals surface area contributed by atoms with E-state index in [-0.39, 0.29) is 11.4 Å². The second-order valence-electron chi connectivity index (χ2n) is 5.95. The maximum Gasteiger partial charge on any atom is 0.336 e. The third kappa shape index (κ3) is 3.27. The zero-order valence-corrected chi connectivity index (χ0v) is 13.2. The molecular formula is C17H23NO3. The molecule has 114 valence electrons. The van der Waals surface area contributed by atoms with Crippen molar-refractivity contribution in [1.29, 1.82) is 0 Å². The molecule has 0 amide bonds. The topological polar surface area (TPSA) is 57.7 Å². The fourth-order valence-corrected chi connectivity index (χ4v) is 2.67. The van der Waals surface area contributed by atoms with Gasteiger partial charge in [0.1, 0.15) is 12.1 Å². The van der Waals surface area contributed by atoms with Crippen molar-refractivity contribution in [2.24, 2.45) is 0 Å². The summed E-state index contributed by atoms with van der Waals surface area (Å²) in [4.78, 5) is 12.9.